The van der Waals surface area contributed by atoms with E-state index in [0.29, 0.717) is 6.42 Å². The molecular weight excluding hydrogens is 606 g/mol. The third-order valence-corrected chi connectivity index (χ3v) is 9.85. The summed E-state index contributed by atoms with van der Waals surface area (Å²) in [5, 5.41) is 3.23. The first-order valence-electron chi connectivity index (χ1n) is 15.0. The first kappa shape index (κ1) is 33.7. The van der Waals surface area contributed by atoms with Crippen molar-refractivity contribution in [3.8, 4) is 0 Å². The molecule has 45 heavy (non-hydrogen) atoms. The van der Waals surface area contributed by atoms with Crippen molar-refractivity contribution in [3.05, 3.63) is 130 Å². The molecule has 4 aromatic rings. The highest BCUT2D eigenvalue weighted by molar-refractivity contribution is 7.92. The van der Waals surface area contributed by atoms with Crippen molar-refractivity contribution in [1.29, 1.82) is 0 Å². The average Bonchev–Trinajstić information content (AvgIpc) is 3.03. The van der Waals surface area contributed by atoms with E-state index in [4.69, 9.17) is 11.6 Å². The Labute approximate surface area is 271 Å². The SMILES string of the molecule is CC[C@H](C)NC(=O)[C@H](Cc1ccccc1)N(Cc1ccc(C)cc1)C(=O)CN(c1ccccc1Cl)S(=O)(=O)c1ccc(C)cc1. The number of aryl methyl sites for hydroxylation is 2. The fourth-order valence-corrected chi connectivity index (χ4v) is 6.61. The lowest BCUT2D eigenvalue weighted by atomic mass is 10.0. The first-order valence-corrected chi connectivity index (χ1v) is 16.8. The summed E-state index contributed by atoms with van der Waals surface area (Å²) in [6.45, 7) is 7.27. The minimum absolute atomic E-state index is 0.0289. The smallest absolute Gasteiger partial charge is 0.264 e. The number of nitrogens with one attached hydrogen (secondary N) is 1. The Hall–Kier alpha value is -4.14. The van der Waals surface area contributed by atoms with Gasteiger partial charge in [0.1, 0.15) is 12.6 Å². The van der Waals surface area contributed by atoms with Crippen LogP contribution >= 0.6 is 11.6 Å². The number of amides is 2. The number of carbonyl (C=O) groups is 2. The number of rotatable bonds is 13. The van der Waals surface area contributed by atoms with E-state index in [-0.39, 0.29) is 40.5 Å². The van der Waals surface area contributed by atoms with Crippen molar-refractivity contribution in [2.45, 2.75) is 64.1 Å². The van der Waals surface area contributed by atoms with E-state index in [2.05, 4.69) is 5.32 Å². The van der Waals surface area contributed by atoms with E-state index in [9.17, 15) is 18.0 Å². The number of halogens is 1. The summed E-state index contributed by atoms with van der Waals surface area (Å²) in [6, 6.07) is 29.2. The molecule has 0 spiro atoms. The van der Waals surface area contributed by atoms with Crippen molar-refractivity contribution in [2.24, 2.45) is 0 Å². The van der Waals surface area contributed by atoms with E-state index < -0.39 is 28.5 Å². The molecule has 0 aromatic heterocycles. The normalized spacial score (nSPS) is 12.6. The monoisotopic (exact) mass is 645 g/mol. The molecule has 0 aliphatic heterocycles. The van der Waals surface area contributed by atoms with Gasteiger partial charge in [0.15, 0.2) is 0 Å². The maximum atomic E-state index is 14.5. The summed E-state index contributed by atoms with van der Waals surface area (Å²) < 4.78 is 29.3. The van der Waals surface area contributed by atoms with Gasteiger partial charge in [0.05, 0.1) is 15.6 Å². The van der Waals surface area contributed by atoms with Gasteiger partial charge in [0, 0.05) is 19.0 Å². The molecule has 0 bridgehead atoms. The van der Waals surface area contributed by atoms with Gasteiger partial charge >= 0.3 is 0 Å². The zero-order chi connectivity index (χ0) is 32.6. The third kappa shape index (κ3) is 8.74. The van der Waals surface area contributed by atoms with Crippen molar-refractivity contribution < 1.29 is 18.0 Å². The average molecular weight is 646 g/mol. The van der Waals surface area contributed by atoms with Crippen LogP contribution in [0.5, 0.6) is 0 Å². The van der Waals surface area contributed by atoms with Crippen LogP contribution in [-0.4, -0.2) is 43.8 Å². The Morgan fingerprint density at radius 2 is 1.38 bits per heavy atom. The highest BCUT2D eigenvalue weighted by Crippen LogP contribution is 2.31. The van der Waals surface area contributed by atoms with Crippen molar-refractivity contribution >= 4 is 39.1 Å². The van der Waals surface area contributed by atoms with Gasteiger partial charge < -0.3 is 10.2 Å². The second kappa shape index (κ2) is 15.2. The lowest BCUT2D eigenvalue weighted by Crippen LogP contribution is -2.54. The van der Waals surface area contributed by atoms with Gasteiger partial charge in [-0.2, -0.15) is 0 Å². The summed E-state index contributed by atoms with van der Waals surface area (Å²) in [6.07, 6.45) is 0.961. The van der Waals surface area contributed by atoms with Gasteiger partial charge in [0.25, 0.3) is 10.0 Å². The van der Waals surface area contributed by atoms with E-state index in [1.165, 1.54) is 17.0 Å². The van der Waals surface area contributed by atoms with Gasteiger partial charge in [-0.1, -0.05) is 109 Å². The second-order valence-electron chi connectivity index (χ2n) is 11.3. The molecule has 0 heterocycles. The standard InChI is InChI=1S/C36H40ClN3O4S/c1-5-28(4)38-36(42)34(23-29-11-7-6-8-12-29)39(24-30-19-15-26(2)16-20-30)35(41)25-40(33-14-10-9-13-32(33)37)45(43,44)31-21-17-27(3)18-22-31/h6-22,28,34H,5,23-25H2,1-4H3,(H,38,42)/t28-,34-/m0/s1. The lowest BCUT2D eigenvalue weighted by Gasteiger charge is -2.34. The summed E-state index contributed by atoms with van der Waals surface area (Å²) in [4.78, 5) is 30.0. The van der Waals surface area contributed by atoms with Crippen LogP contribution in [0.4, 0.5) is 5.69 Å². The second-order valence-corrected chi connectivity index (χ2v) is 13.6. The number of benzene rings is 4. The lowest BCUT2D eigenvalue weighted by molar-refractivity contribution is -0.140. The number of para-hydroxylation sites is 1. The van der Waals surface area contributed by atoms with E-state index in [1.54, 1.807) is 36.4 Å². The summed E-state index contributed by atoms with van der Waals surface area (Å²) in [7, 11) is -4.23. The van der Waals surface area contributed by atoms with Gasteiger partial charge in [-0.15, -0.1) is 0 Å². The molecule has 0 saturated heterocycles. The van der Waals surface area contributed by atoms with Crippen LogP contribution in [0.15, 0.2) is 108 Å². The molecule has 0 aliphatic carbocycles. The molecule has 1 N–H and O–H groups in total. The minimum atomic E-state index is -4.23. The van der Waals surface area contributed by atoms with Crippen molar-refractivity contribution in [3.63, 3.8) is 0 Å². The fourth-order valence-electron chi connectivity index (χ4n) is 4.89. The Morgan fingerprint density at radius 1 is 0.800 bits per heavy atom. The van der Waals surface area contributed by atoms with Gasteiger partial charge in [0.2, 0.25) is 11.8 Å². The molecule has 0 unspecified atom stereocenters. The predicted octanol–water partition coefficient (Wildman–Crippen LogP) is 6.71. The van der Waals surface area contributed by atoms with Gasteiger partial charge in [-0.05, 0) is 62.6 Å². The summed E-state index contributed by atoms with van der Waals surface area (Å²) >= 11 is 6.54. The number of sulfonamides is 1. The molecule has 0 aliphatic rings. The Bertz CT molecular complexity index is 1690. The predicted molar refractivity (Wildman–Crippen MR) is 181 cm³/mol. The molecule has 4 aromatic carbocycles. The number of carbonyl (C=O) groups excluding carboxylic acids is 2. The van der Waals surface area contributed by atoms with Crippen LogP contribution in [0.1, 0.15) is 42.5 Å². The number of nitrogens with zero attached hydrogens (tertiary/aromatic N) is 2. The highest BCUT2D eigenvalue weighted by Gasteiger charge is 2.35. The Balaban J connectivity index is 1.81. The molecule has 0 saturated carbocycles. The quantitative estimate of drug-likeness (QED) is 0.175. The number of hydrogen-bond acceptors (Lipinski definition) is 4. The van der Waals surface area contributed by atoms with Crippen molar-refractivity contribution in [1.82, 2.24) is 10.2 Å². The minimum Gasteiger partial charge on any atom is -0.352 e. The van der Waals surface area contributed by atoms with Crippen LogP contribution in [0.3, 0.4) is 0 Å². The Morgan fingerprint density at radius 3 is 1.98 bits per heavy atom. The summed E-state index contributed by atoms with van der Waals surface area (Å²) in [5.41, 5.74) is 3.82. The third-order valence-electron chi connectivity index (χ3n) is 7.75. The Kier molecular flexibility index (Phi) is 11.4. The highest BCUT2D eigenvalue weighted by atomic mass is 35.5. The van der Waals surface area contributed by atoms with Crippen LogP contribution < -0.4 is 9.62 Å². The van der Waals surface area contributed by atoms with Crippen LogP contribution in [0, 0.1) is 13.8 Å². The maximum Gasteiger partial charge on any atom is 0.264 e. The van der Waals surface area contributed by atoms with E-state index >= 15 is 0 Å². The fraction of sp³-hybridized carbons (Fsp3) is 0.278. The summed E-state index contributed by atoms with van der Waals surface area (Å²) in [5.74, 6) is -0.842. The van der Waals surface area contributed by atoms with E-state index in [0.717, 1.165) is 26.6 Å². The zero-order valence-electron chi connectivity index (χ0n) is 26.1. The van der Waals surface area contributed by atoms with Crippen LogP contribution in [-0.2, 0) is 32.6 Å². The molecule has 7 nitrogen and oxygen atoms in total. The molecule has 4 rings (SSSR count). The van der Waals surface area contributed by atoms with Crippen molar-refractivity contribution in [2.75, 3.05) is 10.8 Å². The van der Waals surface area contributed by atoms with Crippen LogP contribution in [0.2, 0.25) is 5.02 Å². The van der Waals surface area contributed by atoms with Gasteiger partial charge in [-0.25, -0.2) is 8.42 Å². The molecule has 2 amide bonds. The maximum absolute atomic E-state index is 14.5. The molecule has 9 heteroatoms. The van der Waals surface area contributed by atoms with Gasteiger partial charge in [-0.3, -0.25) is 13.9 Å². The first-order chi connectivity index (χ1) is 21.5. The van der Waals surface area contributed by atoms with Crippen LogP contribution in [0.25, 0.3) is 0 Å². The zero-order valence-corrected chi connectivity index (χ0v) is 27.7. The largest absolute Gasteiger partial charge is 0.352 e. The number of anilines is 1. The topological polar surface area (TPSA) is 86.8 Å². The molecule has 0 fully saturated rings. The molecule has 2 atom stereocenters. The van der Waals surface area contributed by atoms with E-state index in [1.807, 2.05) is 82.3 Å². The molecule has 236 valence electrons. The number of hydrogen-bond donors (Lipinski definition) is 1. The molecule has 0 radical (unpaired) electrons. The molecular formula is C36H40ClN3O4S.